The average molecular weight is 450 g/mol. The number of hydrogen-bond acceptors (Lipinski definition) is 4. The largest absolute Gasteiger partial charge is 0.489 e. The van der Waals surface area contributed by atoms with Crippen LogP contribution in [0.15, 0.2) is 73.1 Å². The molecule has 1 fully saturated rings. The summed E-state index contributed by atoms with van der Waals surface area (Å²) in [6.45, 7) is 2.71. The highest BCUT2D eigenvalue weighted by Gasteiger charge is 2.35. The van der Waals surface area contributed by atoms with Crippen LogP contribution in [-0.2, 0) is 16.2 Å². The minimum Gasteiger partial charge on any atom is -0.489 e. The number of aromatic nitrogens is 1. The van der Waals surface area contributed by atoms with Crippen LogP contribution in [0, 0.1) is 5.92 Å². The second-order valence-corrected chi connectivity index (χ2v) is 8.27. The van der Waals surface area contributed by atoms with Gasteiger partial charge in [0.2, 0.25) is 11.8 Å². The molecule has 1 saturated heterocycles. The summed E-state index contributed by atoms with van der Waals surface area (Å²) in [5.41, 5.74) is 2.67. The predicted molar refractivity (Wildman–Crippen MR) is 123 cm³/mol. The van der Waals surface area contributed by atoms with Gasteiger partial charge in [0, 0.05) is 41.6 Å². The Bertz CT molecular complexity index is 1090. The van der Waals surface area contributed by atoms with E-state index in [2.05, 4.69) is 10.3 Å². The zero-order valence-electron chi connectivity index (χ0n) is 17.7. The van der Waals surface area contributed by atoms with E-state index >= 15 is 0 Å². The van der Waals surface area contributed by atoms with Crippen molar-refractivity contribution >= 4 is 29.1 Å². The summed E-state index contributed by atoms with van der Waals surface area (Å²) in [6, 6.07) is 18.4. The summed E-state index contributed by atoms with van der Waals surface area (Å²) >= 11 is 6.04. The van der Waals surface area contributed by atoms with Crippen LogP contribution in [0.1, 0.15) is 30.5 Å². The Morgan fingerprint density at radius 1 is 1.22 bits per heavy atom. The first-order valence-electron chi connectivity index (χ1n) is 10.5. The number of nitrogens with one attached hydrogen (secondary N) is 1. The van der Waals surface area contributed by atoms with Crippen molar-refractivity contribution in [3.8, 4) is 5.75 Å². The molecule has 1 N–H and O–H groups in total. The van der Waals surface area contributed by atoms with Crippen LogP contribution in [-0.4, -0.2) is 23.3 Å². The lowest BCUT2D eigenvalue weighted by Crippen LogP contribution is -2.34. The topological polar surface area (TPSA) is 71.5 Å². The summed E-state index contributed by atoms with van der Waals surface area (Å²) in [7, 11) is 0. The highest BCUT2D eigenvalue weighted by molar-refractivity contribution is 6.31. The molecule has 0 radical (unpaired) electrons. The van der Waals surface area contributed by atoms with Gasteiger partial charge in [0.1, 0.15) is 12.4 Å². The molecule has 0 spiro atoms. The number of anilines is 1. The van der Waals surface area contributed by atoms with E-state index in [1.165, 1.54) is 0 Å². The lowest BCUT2D eigenvalue weighted by Gasteiger charge is -2.19. The quantitative estimate of drug-likeness (QED) is 0.574. The van der Waals surface area contributed by atoms with E-state index in [4.69, 9.17) is 16.3 Å². The van der Waals surface area contributed by atoms with Crippen molar-refractivity contribution in [2.24, 2.45) is 5.92 Å². The minimum absolute atomic E-state index is 0.0739. The van der Waals surface area contributed by atoms with Gasteiger partial charge in [0.15, 0.2) is 0 Å². The Morgan fingerprint density at radius 3 is 2.75 bits per heavy atom. The molecule has 2 amide bonds. The zero-order valence-corrected chi connectivity index (χ0v) is 18.5. The SMILES string of the molecule is CC(NC(=O)C1CC(=O)N(c2cccc(Cl)c2)C1)c1ccc(OCc2cccnc2)cc1. The molecular weight excluding hydrogens is 426 g/mol. The number of hydrogen-bond donors (Lipinski definition) is 1. The van der Waals surface area contributed by atoms with Crippen LogP contribution < -0.4 is 15.0 Å². The molecule has 32 heavy (non-hydrogen) atoms. The van der Waals surface area contributed by atoms with Crippen molar-refractivity contribution < 1.29 is 14.3 Å². The number of benzene rings is 2. The molecule has 2 unspecified atom stereocenters. The van der Waals surface area contributed by atoms with Gasteiger partial charge in [-0.2, -0.15) is 0 Å². The van der Waals surface area contributed by atoms with Crippen molar-refractivity contribution in [3.05, 3.63) is 89.2 Å². The van der Waals surface area contributed by atoms with Crippen LogP contribution in [0.25, 0.3) is 0 Å². The number of pyridine rings is 1. The molecule has 3 aromatic rings. The third-order valence-corrected chi connectivity index (χ3v) is 5.72. The number of ether oxygens (including phenoxy) is 1. The number of carbonyl (C=O) groups is 2. The first-order chi connectivity index (χ1) is 15.5. The van der Waals surface area contributed by atoms with Crippen LogP contribution in [0.2, 0.25) is 5.02 Å². The van der Waals surface area contributed by atoms with Gasteiger partial charge in [-0.25, -0.2) is 0 Å². The molecule has 7 heteroatoms. The van der Waals surface area contributed by atoms with Crippen molar-refractivity contribution in [2.75, 3.05) is 11.4 Å². The Morgan fingerprint density at radius 2 is 2.03 bits per heavy atom. The van der Waals surface area contributed by atoms with E-state index < -0.39 is 5.92 Å². The summed E-state index contributed by atoms with van der Waals surface area (Å²) < 4.78 is 5.78. The maximum atomic E-state index is 12.8. The zero-order chi connectivity index (χ0) is 22.5. The van der Waals surface area contributed by atoms with Gasteiger partial charge in [-0.15, -0.1) is 0 Å². The second kappa shape index (κ2) is 9.83. The lowest BCUT2D eigenvalue weighted by atomic mass is 10.0. The molecule has 2 aromatic carbocycles. The molecule has 6 nitrogen and oxygen atoms in total. The summed E-state index contributed by atoms with van der Waals surface area (Å²) in [5.74, 6) is 0.142. The maximum Gasteiger partial charge on any atom is 0.227 e. The summed E-state index contributed by atoms with van der Waals surface area (Å²) in [6.07, 6.45) is 3.68. The fourth-order valence-electron chi connectivity index (χ4n) is 3.69. The number of rotatable bonds is 7. The molecule has 4 rings (SSSR count). The van der Waals surface area contributed by atoms with Gasteiger partial charge >= 0.3 is 0 Å². The van der Waals surface area contributed by atoms with Gasteiger partial charge in [-0.1, -0.05) is 35.9 Å². The Hall–Kier alpha value is -3.38. The van der Waals surface area contributed by atoms with Crippen molar-refractivity contribution in [2.45, 2.75) is 26.0 Å². The van der Waals surface area contributed by atoms with E-state index in [1.54, 1.807) is 35.5 Å². The second-order valence-electron chi connectivity index (χ2n) is 7.83. The average Bonchev–Trinajstić information content (AvgIpc) is 3.20. The normalized spacial score (nSPS) is 16.6. The van der Waals surface area contributed by atoms with Crippen LogP contribution in [0.3, 0.4) is 0 Å². The molecule has 1 aromatic heterocycles. The summed E-state index contributed by atoms with van der Waals surface area (Å²) in [4.78, 5) is 30.9. The maximum absolute atomic E-state index is 12.8. The van der Waals surface area contributed by atoms with Crippen LogP contribution in [0.4, 0.5) is 5.69 Å². The Kier molecular flexibility index (Phi) is 6.71. The number of carbonyl (C=O) groups excluding carboxylic acids is 2. The fourth-order valence-corrected chi connectivity index (χ4v) is 3.88. The van der Waals surface area contributed by atoms with E-state index in [1.807, 2.05) is 49.4 Å². The van der Waals surface area contributed by atoms with Gasteiger partial charge < -0.3 is 15.0 Å². The molecule has 1 aliphatic heterocycles. The monoisotopic (exact) mass is 449 g/mol. The molecule has 0 aliphatic carbocycles. The molecular formula is C25H24ClN3O3. The van der Waals surface area contributed by atoms with Gasteiger partial charge in [-0.3, -0.25) is 14.6 Å². The van der Waals surface area contributed by atoms with Crippen LogP contribution in [0.5, 0.6) is 5.75 Å². The smallest absolute Gasteiger partial charge is 0.227 e. The van der Waals surface area contributed by atoms with E-state index in [0.29, 0.717) is 23.9 Å². The van der Waals surface area contributed by atoms with Crippen molar-refractivity contribution in [1.82, 2.24) is 10.3 Å². The molecule has 0 bridgehead atoms. The summed E-state index contributed by atoms with van der Waals surface area (Å²) in [5, 5.41) is 3.59. The third-order valence-electron chi connectivity index (χ3n) is 5.48. The number of halogens is 1. The molecule has 2 atom stereocenters. The van der Waals surface area contributed by atoms with Crippen LogP contribution >= 0.6 is 11.6 Å². The molecule has 2 heterocycles. The molecule has 0 saturated carbocycles. The third kappa shape index (κ3) is 5.26. The number of nitrogens with zero attached hydrogens (tertiary/aromatic N) is 2. The van der Waals surface area contributed by atoms with Gasteiger partial charge in [0.25, 0.3) is 0 Å². The predicted octanol–water partition coefficient (Wildman–Crippen LogP) is 4.54. The number of amides is 2. The van der Waals surface area contributed by atoms with E-state index in [0.717, 1.165) is 16.9 Å². The first-order valence-corrected chi connectivity index (χ1v) is 10.9. The van der Waals surface area contributed by atoms with Gasteiger partial charge in [-0.05, 0) is 48.9 Å². The molecule has 1 aliphatic rings. The Labute approximate surface area is 192 Å². The first kappa shape index (κ1) is 21.8. The van der Waals surface area contributed by atoms with E-state index in [-0.39, 0.29) is 24.3 Å². The van der Waals surface area contributed by atoms with E-state index in [9.17, 15) is 9.59 Å². The molecule has 164 valence electrons. The standard InChI is InChI=1S/C25H24ClN3O3/c1-17(19-7-9-23(10-8-19)32-16-18-4-3-11-27-14-18)28-25(31)20-12-24(30)29(15-20)22-6-2-5-21(26)13-22/h2-11,13-14,17,20H,12,15-16H2,1H3,(H,28,31). The highest BCUT2D eigenvalue weighted by atomic mass is 35.5. The lowest BCUT2D eigenvalue weighted by molar-refractivity contribution is -0.126. The van der Waals surface area contributed by atoms with Gasteiger partial charge in [0.05, 0.1) is 12.0 Å². The minimum atomic E-state index is -0.397. The fraction of sp³-hybridized carbons (Fsp3) is 0.240. The Balaban J connectivity index is 1.32. The van der Waals surface area contributed by atoms with Crippen molar-refractivity contribution in [3.63, 3.8) is 0 Å². The van der Waals surface area contributed by atoms with Crippen molar-refractivity contribution in [1.29, 1.82) is 0 Å². The highest BCUT2D eigenvalue weighted by Crippen LogP contribution is 2.28.